The van der Waals surface area contributed by atoms with Crippen LogP contribution in [0.4, 0.5) is 0 Å². The summed E-state index contributed by atoms with van der Waals surface area (Å²) >= 11 is 0. The number of hydrogen-bond acceptors (Lipinski definition) is 7. The Hall–Kier alpha value is -1.22. The molecule has 124 valence electrons. The van der Waals surface area contributed by atoms with E-state index < -0.39 is 43.4 Å². The minimum atomic E-state index is -1.47. The first-order chi connectivity index (χ1) is 10.4. The van der Waals surface area contributed by atoms with Gasteiger partial charge in [-0.15, -0.1) is 0 Å². The van der Waals surface area contributed by atoms with Crippen molar-refractivity contribution in [2.24, 2.45) is 0 Å². The highest BCUT2D eigenvalue weighted by molar-refractivity contribution is 5.27. The lowest BCUT2D eigenvalue weighted by Gasteiger charge is -2.39. The van der Waals surface area contributed by atoms with Gasteiger partial charge in [0.1, 0.15) is 30.2 Å². The maximum absolute atomic E-state index is 9.88. The normalized spacial score (nSPS) is 33.5. The van der Waals surface area contributed by atoms with E-state index in [1.165, 1.54) is 0 Å². The van der Waals surface area contributed by atoms with Gasteiger partial charge >= 0.3 is 0 Å². The molecule has 1 heterocycles. The highest BCUT2D eigenvalue weighted by Gasteiger charge is 2.44. The molecule has 5 N–H and O–H groups in total. The van der Waals surface area contributed by atoms with Gasteiger partial charge in [-0.3, -0.25) is 0 Å². The van der Waals surface area contributed by atoms with E-state index >= 15 is 0 Å². The van der Waals surface area contributed by atoms with Gasteiger partial charge in [0.15, 0.2) is 0 Å². The van der Waals surface area contributed by atoms with Gasteiger partial charge in [0, 0.05) is 0 Å². The second-order valence-corrected chi connectivity index (χ2v) is 5.51. The van der Waals surface area contributed by atoms with Gasteiger partial charge in [0.25, 0.3) is 0 Å². The van der Waals surface area contributed by atoms with Crippen molar-refractivity contribution in [3.63, 3.8) is 0 Å². The van der Waals surface area contributed by atoms with E-state index in [0.717, 1.165) is 5.56 Å². The summed E-state index contributed by atoms with van der Waals surface area (Å²) in [6.45, 7) is 1.19. The zero-order valence-corrected chi connectivity index (χ0v) is 12.2. The van der Waals surface area contributed by atoms with Crippen molar-refractivity contribution in [1.29, 1.82) is 0 Å². The average Bonchev–Trinajstić information content (AvgIpc) is 2.49. The maximum atomic E-state index is 9.88. The van der Waals surface area contributed by atoms with Gasteiger partial charge in [0.2, 0.25) is 6.29 Å². The van der Waals surface area contributed by atoms with E-state index in [1.807, 2.05) is 0 Å². The number of ether oxygens (including phenoxy) is 2. The van der Waals surface area contributed by atoms with Crippen molar-refractivity contribution in [3.05, 3.63) is 29.8 Å². The molecule has 0 spiro atoms. The lowest BCUT2D eigenvalue weighted by molar-refractivity contribution is -0.277. The molecule has 1 aliphatic heterocycles. The van der Waals surface area contributed by atoms with Gasteiger partial charge in [-0.05, 0) is 31.0 Å². The molecule has 7 nitrogen and oxygen atoms in total. The molecule has 1 saturated heterocycles. The molecule has 1 aliphatic rings. The van der Waals surface area contributed by atoms with Crippen molar-refractivity contribution in [2.45, 2.75) is 50.2 Å². The first-order valence-electron chi connectivity index (χ1n) is 7.16. The summed E-state index contributed by atoms with van der Waals surface area (Å²) in [5, 5.41) is 47.7. The molecule has 1 aromatic carbocycles. The Balaban J connectivity index is 2.02. The van der Waals surface area contributed by atoms with Crippen LogP contribution in [0, 0.1) is 0 Å². The minimum absolute atomic E-state index is 0.402. The fourth-order valence-electron chi connectivity index (χ4n) is 2.34. The van der Waals surface area contributed by atoms with Gasteiger partial charge in [-0.25, -0.2) is 0 Å². The molecule has 0 amide bonds. The Morgan fingerprint density at radius 2 is 1.73 bits per heavy atom. The number of aliphatic hydroxyl groups is 5. The van der Waals surface area contributed by atoms with Gasteiger partial charge in [-0.1, -0.05) is 12.1 Å². The molecule has 0 radical (unpaired) electrons. The third kappa shape index (κ3) is 3.95. The standard InChI is InChI=1S/C15H22O7/c1-8(17)6-9-2-4-10(5-3-9)21-15-14(20)13(19)12(18)11(7-16)22-15/h2-5,8,11-20H,6-7H2,1H3/t8-,11+,12+,13-,14+,15+/m0/s1. The fraction of sp³-hybridized carbons (Fsp3) is 0.600. The van der Waals surface area contributed by atoms with Crippen LogP contribution in [-0.4, -0.2) is 68.9 Å². The molecule has 1 aromatic rings. The summed E-state index contributed by atoms with van der Waals surface area (Å²) in [6.07, 6.45) is -6.44. The molecule has 0 aromatic heterocycles. The number of hydrogen-bond donors (Lipinski definition) is 5. The molecule has 0 saturated carbocycles. The summed E-state index contributed by atoms with van der Waals surface area (Å²) in [5.41, 5.74) is 0.927. The molecule has 0 aliphatic carbocycles. The van der Waals surface area contributed by atoms with E-state index in [4.69, 9.17) is 14.6 Å². The largest absolute Gasteiger partial charge is 0.462 e. The number of rotatable bonds is 5. The van der Waals surface area contributed by atoms with Crippen molar-refractivity contribution < 1.29 is 35.0 Å². The summed E-state index contributed by atoms with van der Waals surface area (Å²) < 4.78 is 10.7. The van der Waals surface area contributed by atoms with Crippen LogP contribution in [0.15, 0.2) is 24.3 Å². The molecule has 6 atom stereocenters. The monoisotopic (exact) mass is 314 g/mol. The molecular formula is C15H22O7. The molecule has 1 fully saturated rings. The van der Waals surface area contributed by atoms with Crippen molar-refractivity contribution >= 4 is 0 Å². The van der Waals surface area contributed by atoms with Crippen LogP contribution in [-0.2, 0) is 11.2 Å². The number of aliphatic hydroxyl groups excluding tert-OH is 5. The van der Waals surface area contributed by atoms with Gasteiger partial charge in [0.05, 0.1) is 12.7 Å². The average molecular weight is 314 g/mol. The molecule has 22 heavy (non-hydrogen) atoms. The number of benzene rings is 1. The molecule has 0 unspecified atom stereocenters. The Labute approximate surface area is 128 Å². The van der Waals surface area contributed by atoms with E-state index in [9.17, 15) is 20.4 Å². The third-order valence-electron chi connectivity index (χ3n) is 3.56. The molecule has 0 bridgehead atoms. The van der Waals surface area contributed by atoms with Crippen molar-refractivity contribution in [1.82, 2.24) is 0 Å². The Kier molecular flexibility index (Phi) is 5.74. The highest BCUT2D eigenvalue weighted by atomic mass is 16.7. The first kappa shape index (κ1) is 17.1. The van der Waals surface area contributed by atoms with E-state index in [0.29, 0.717) is 12.2 Å². The van der Waals surface area contributed by atoms with Crippen LogP contribution in [0.3, 0.4) is 0 Å². The topological polar surface area (TPSA) is 120 Å². The van der Waals surface area contributed by atoms with Gasteiger partial charge < -0.3 is 35.0 Å². The quantitative estimate of drug-likeness (QED) is 0.462. The Bertz CT molecular complexity index is 459. The van der Waals surface area contributed by atoms with Crippen LogP contribution in [0.5, 0.6) is 5.75 Å². The van der Waals surface area contributed by atoms with Crippen LogP contribution in [0.1, 0.15) is 12.5 Å². The predicted molar refractivity (Wildman–Crippen MR) is 76.2 cm³/mol. The van der Waals surface area contributed by atoms with Crippen LogP contribution < -0.4 is 4.74 Å². The summed E-state index contributed by atoms with van der Waals surface area (Å²) in [7, 11) is 0. The van der Waals surface area contributed by atoms with E-state index in [2.05, 4.69) is 0 Å². The molecule has 2 rings (SSSR count). The zero-order chi connectivity index (χ0) is 16.3. The molecule has 7 heteroatoms. The molecular weight excluding hydrogens is 292 g/mol. The van der Waals surface area contributed by atoms with E-state index in [1.54, 1.807) is 31.2 Å². The first-order valence-corrected chi connectivity index (χ1v) is 7.16. The SMILES string of the molecule is C[C@H](O)Cc1ccc(O[C@@H]2O[C@H](CO)[C@@H](O)[C@H](O)[C@H]2O)cc1. The van der Waals surface area contributed by atoms with Crippen molar-refractivity contribution in [3.8, 4) is 5.75 Å². The minimum Gasteiger partial charge on any atom is -0.462 e. The third-order valence-corrected chi connectivity index (χ3v) is 3.56. The highest BCUT2D eigenvalue weighted by Crippen LogP contribution is 2.24. The van der Waals surface area contributed by atoms with Crippen molar-refractivity contribution in [2.75, 3.05) is 6.61 Å². The predicted octanol–water partition coefficient (Wildman–Crippen LogP) is -1.21. The summed E-state index contributed by atoms with van der Waals surface area (Å²) in [6, 6.07) is 6.84. The maximum Gasteiger partial charge on any atom is 0.229 e. The van der Waals surface area contributed by atoms with Crippen LogP contribution >= 0.6 is 0 Å². The Morgan fingerprint density at radius 3 is 2.27 bits per heavy atom. The fourth-order valence-corrected chi connectivity index (χ4v) is 2.34. The second-order valence-electron chi connectivity index (χ2n) is 5.51. The second kappa shape index (κ2) is 7.36. The Morgan fingerprint density at radius 1 is 1.09 bits per heavy atom. The lowest BCUT2D eigenvalue weighted by Crippen LogP contribution is -2.60. The van der Waals surface area contributed by atoms with Crippen LogP contribution in [0.25, 0.3) is 0 Å². The summed E-state index contributed by atoms with van der Waals surface area (Å²) in [5.74, 6) is 0.402. The lowest BCUT2D eigenvalue weighted by atomic mass is 9.99. The van der Waals surface area contributed by atoms with E-state index in [-0.39, 0.29) is 0 Å². The zero-order valence-electron chi connectivity index (χ0n) is 12.2. The van der Waals surface area contributed by atoms with Gasteiger partial charge in [-0.2, -0.15) is 0 Å². The summed E-state index contributed by atoms with van der Waals surface area (Å²) in [4.78, 5) is 0. The smallest absolute Gasteiger partial charge is 0.229 e. The van der Waals surface area contributed by atoms with Crippen LogP contribution in [0.2, 0.25) is 0 Å².